The fourth-order valence-corrected chi connectivity index (χ4v) is 3.30. The number of carbonyl (C=O) groups is 3. The zero-order chi connectivity index (χ0) is 17.8. The second kappa shape index (κ2) is 7.35. The van der Waals surface area contributed by atoms with Crippen molar-refractivity contribution in [1.82, 2.24) is 10.7 Å². The van der Waals surface area contributed by atoms with Crippen molar-refractivity contribution in [1.29, 1.82) is 0 Å². The molecule has 1 heterocycles. The van der Waals surface area contributed by atoms with Crippen LogP contribution in [0.2, 0.25) is 0 Å². The Morgan fingerprint density at radius 2 is 1.96 bits per heavy atom. The van der Waals surface area contributed by atoms with Gasteiger partial charge in [-0.2, -0.15) is 0 Å². The zero-order valence-corrected chi connectivity index (χ0v) is 14.2. The Hall–Kier alpha value is -2.87. The van der Waals surface area contributed by atoms with Gasteiger partial charge in [0.05, 0.1) is 0 Å². The number of anilines is 1. The lowest BCUT2D eigenvalue weighted by Gasteiger charge is -2.08. The van der Waals surface area contributed by atoms with Gasteiger partial charge in [-0.05, 0) is 22.9 Å². The van der Waals surface area contributed by atoms with E-state index in [1.54, 1.807) is 0 Å². The molecule has 1 atom stereocenters. The van der Waals surface area contributed by atoms with Crippen LogP contribution in [-0.2, 0) is 14.4 Å². The fourth-order valence-electron chi connectivity index (χ4n) is 2.37. The van der Waals surface area contributed by atoms with Crippen molar-refractivity contribution in [2.24, 2.45) is 5.10 Å². The molecule has 25 heavy (non-hydrogen) atoms. The van der Waals surface area contributed by atoms with E-state index in [2.05, 4.69) is 21.2 Å². The Morgan fingerprint density at radius 3 is 2.72 bits per heavy atom. The highest BCUT2D eigenvalue weighted by Crippen LogP contribution is 2.23. The van der Waals surface area contributed by atoms with Gasteiger partial charge in [-0.15, -0.1) is 5.10 Å². The van der Waals surface area contributed by atoms with E-state index in [9.17, 15) is 14.4 Å². The SMILES string of the molecule is CC(=O)N/N=C1\NC(=O)[C@@H](CC(=O)Nc2ccc3ccccc3c2)S1. The van der Waals surface area contributed by atoms with E-state index in [-0.39, 0.29) is 29.3 Å². The summed E-state index contributed by atoms with van der Waals surface area (Å²) in [6.45, 7) is 1.32. The Morgan fingerprint density at radius 1 is 1.20 bits per heavy atom. The van der Waals surface area contributed by atoms with E-state index < -0.39 is 5.25 Å². The van der Waals surface area contributed by atoms with Gasteiger partial charge < -0.3 is 10.6 Å². The number of nitrogens with one attached hydrogen (secondary N) is 3. The van der Waals surface area contributed by atoms with E-state index in [0.717, 1.165) is 22.5 Å². The number of hydrogen-bond acceptors (Lipinski definition) is 5. The second-order valence-electron chi connectivity index (χ2n) is 5.49. The van der Waals surface area contributed by atoms with Crippen molar-refractivity contribution in [3.8, 4) is 0 Å². The minimum atomic E-state index is -0.576. The van der Waals surface area contributed by atoms with Gasteiger partial charge in [0.25, 0.3) is 0 Å². The molecule has 3 amide bonds. The highest BCUT2D eigenvalue weighted by Gasteiger charge is 2.32. The quantitative estimate of drug-likeness (QED) is 0.728. The van der Waals surface area contributed by atoms with Crippen molar-refractivity contribution in [3.05, 3.63) is 42.5 Å². The maximum absolute atomic E-state index is 12.2. The highest BCUT2D eigenvalue weighted by atomic mass is 32.2. The number of hydrogen-bond donors (Lipinski definition) is 3. The van der Waals surface area contributed by atoms with Crippen LogP contribution in [0.15, 0.2) is 47.6 Å². The monoisotopic (exact) mass is 356 g/mol. The average Bonchev–Trinajstić information content (AvgIpc) is 2.92. The van der Waals surface area contributed by atoms with Gasteiger partial charge in [0.2, 0.25) is 17.7 Å². The maximum atomic E-state index is 12.2. The van der Waals surface area contributed by atoms with Crippen LogP contribution in [0, 0.1) is 0 Å². The van der Waals surface area contributed by atoms with E-state index in [1.165, 1.54) is 6.92 Å². The molecular formula is C17H16N4O3S. The summed E-state index contributed by atoms with van der Waals surface area (Å²) in [5, 5.41) is 10.9. The molecule has 1 fully saturated rings. The minimum absolute atomic E-state index is 0.0163. The number of hydrazone groups is 1. The summed E-state index contributed by atoms with van der Waals surface area (Å²) in [4.78, 5) is 34.9. The predicted molar refractivity (Wildman–Crippen MR) is 98.0 cm³/mol. The van der Waals surface area contributed by atoms with Crippen LogP contribution in [0.1, 0.15) is 13.3 Å². The van der Waals surface area contributed by atoms with Crippen LogP contribution >= 0.6 is 11.8 Å². The van der Waals surface area contributed by atoms with Gasteiger partial charge in [0.1, 0.15) is 5.25 Å². The first-order valence-corrected chi connectivity index (χ1v) is 8.49. The van der Waals surface area contributed by atoms with Crippen molar-refractivity contribution in [2.75, 3.05) is 5.32 Å². The smallest absolute Gasteiger partial charge is 0.240 e. The number of carbonyl (C=O) groups excluding carboxylic acids is 3. The number of rotatable bonds is 4. The van der Waals surface area contributed by atoms with Gasteiger partial charge in [0, 0.05) is 19.0 Å². The summed E-state index contributed by atoms with van der Waals surface area (Å²) < 4.78 is 0. The first kappa shape index (κ1) is 17.0. The number of fused-ring (bicyclic) bond motifs is 1. The average molecular weight is 356 g/mol. The molecule has 7 nitrogen and oxygen atoms in total. The maximum Gasteiger partial charge on any atom is 0.240 e. The number of benzene rings is 2. The van der Waals surface area contributed by atoms with Crippen LogP contribution in [0.3, 0.4) is 0 Å². The number of amidine groups is 1. The lowest BCUT2D eigenvalue weighted by atomic mass is 10.1. The molecule has 0 bridgehead atoms. The van der Waals surface area contributed by atoms with E-state index in [0.29, 0.717) is 5.69 Å². The summed E-state index contributed by atoms with van der Waals surface area (Å²) in [6, 6.07) is 13.5. The molecule has 2 aromatic carbocycles. The standard InChI is InChI=1S/C17H16N4O3S/c1-10(22)20-21-17-19-16(24)14(25-17)9-15(23)18-13-7-6-11-4-2-3-5-12(11)8-13/h2-8,14H,9H2,1H3,(H,18,23)(H,20,22)(H,19,21,24)/t14-/m1/s1. The molecule has 128 valence electrons. The van der Waals surface area contributed by atoms with E-state index in [1.807, 2.05) is 42.5 Å². The molecule has 1 aliphatic rings. The summed E-state index contributed by atoms with van der Waals surface area (Å²) >= 11 is 1.12. The second-order valence-corrected chi connectivity index (χ2v) is 6.69. The molecule has 0 spiro atoms. The molecule has 0 saturated carbocycles. The van der Waals surface area contributed by atoms with Crippen LogP contribution < -0.4 is 16.1 Å². The molecule has 0 aliphatic carbocycles. The molecule has 3 N–H and O–H groups in total. The minimum Gasteiger partial charge on any atom is -0.326 e. The summed E-state index contributed by atoms with van der Waals surface area (Å²) in [5.41, 5.74) is 2.93. The molecular weight excluding hydrogens is 340 g/mol. The van der Waals surface area contributed by atoms with Crippen LogP contribution in [0.4, 0.5) is 5.69 Å². The lowest BCUT2D eigenvalue weighted by molar-refractivity contribution is -0.122. The van der Waals surface area contributed by atoms with Crippen molar-refractivity contribution in [3.63, 3.8) is 0 Å². The number of nitrogens with zero attached hydrogens (tertiary/aromatic N) is 1. The summed E-state index contributed by atoms with van der Waals surface area (Å²) in [5.74, 6) is -0.897. The third kappa shape index (κ3) is 4.36. The Bertz CT molecular complexity index is 881. The lowest BCUT2D eigenvalue weighted by Crippen LogP contribution is -2.28. The van der Waals surface area contributed by atoms with Crippen molar-refractivity contribution < 1.29 is 14.4 Å². The molecule has 8 heteroatoms. The topological polar surface area (TPSA) is 99.7 Å². The predicted octanol–water partition coefficient (Wildman–Crippen LogP) is 1.81. The molecule has 0 radical (unpaired) electrons. The molecule has 1 aliphatic heterocycles. The third-order valence-electron chi connectivity index (χ3n) is 3.50. The van der Waals surface area contributed by atoms with Crippen molar-refractivity contribution in [2.45, 2.75) is 18.6 Å². The van der Waals surface area contributed by atoms with Gasteiger partial charge >= 0.3 is 0 Å². The van der Waals surface area contributed by atoms with E-state index >= 15 is 0 Å². The van der Waals surface area contributed by atoms with E-state index in [4.69, 9.17) is 0 Å². The van der Waals surface area contributed by atoms with Gasteiger partial charge in [-0.3, -0.25) is 14.4 Å². The highest BCUT2D eigenvalue weighted by molar-refractivity contribution is 8.15. The van der Waals surface area contributed by atoms with Crippen molar-refractivity contribution >= 4 is 51.1 Å². The zero-order valence-electron chi connectivity index (χ0n) is 13.4. The van der Waals surface area contributed by atoms with Gasteiger partial charge in [-0.25, -0.2) is 5.43 Å². The third-order valence-corrected chi connectivity index (χ3v) is 4.58. The molecule has 0 unspecified atom stereocenters. The molecule has 1 saturated heterocycles. The van der Waals surface area contributed by atoms with Crippen LogP contribution in [0.5, 0.6) is 0 Å². The molecule has 0 aromatic heterocycles. The largest absolute Gasteiger partial charge is 0.326 e. The number of thioether (sulfide) groups is 1. The Balaban J connectivity index is 1.61. The first-order chi connectivity index (χ1) is 12.0. The first-order valence-electron chi connectivity index (χ1n) is 7.62. The molecule has 3 rings (SSSR count). The van der Waals surface area contributed by atoms with Crippen LogP contribution in [-0.4, -0.2) is 28.1 Å². The number of amides is 3. The van der Waals surface area contributed by atoms with Gasteiger partial charge in [-0.1, -0.05) is 42.1 Å². The summed E-state index contributed by atoms with van der Waals surface area (Å²) in [7, 11) is 0. The van der Waals surface area contributed by atoms with Crippen LogP contribution in [0.25, 0.3) is 10.8 Å². The fraction of sp³-hybridized carbons (Fsp3) is 0.176. The Labute approximate surface area is 148 Å². The molecule has 2 aromatic rings. The Kier molecular flexibility index (Phi) is 4.99. The van der Waals surface area contributed by atoms with Gasteiger partial charge in [0.15, 0.2) is 5.17 Å². The summed E-state index contributed by atoms with van der Waals surface area (Å²) in [6.07, 6.45) is 0.0163. The normalized spacial score (nSPS) is 18.2.